The molecule has 0 bridgehead atoms. The maximum atomic E-state index is 6.24. The van der Waals surface area contributed by atoms with Crippen LogP contribution in [0.3, 0.4) is 0 Å². The summed E-state index contributed by atoms with van der Waals surface area (Å²) in [5, 5.41) is 0.638. The summed E-state index contributed by atoms with van der Waals surface area (Å²) in [5.74, 6) is 0.571. The first-order chi connectivity index (χ1) is 14.8. The Morgan fingerprint density at radius 3 is 1.63 bits per heavy atom. The van der Waals surface area contributed by atoms with Gasteiger partial charge >= 0.3 is 0 Å². The van der Waals surface area contributed by atoms with Gasteiger partial charge < -0.3 is 4.42 Å². The number of halogens is 1. The molecule has 0 saturated carbocycles. The molecular formula is C27H18ClNO. The molecule has 0 aliphatic heterocycles. The average Bonchev–Trinajstić information content (AvgIpc) is 3.21. The maximum Gasteiger partial charge on any atom is 0.228 e. The van der Waals surface area contributed by atoms with E-state index < -0.39 is 0 Å². The summed E-state index contributed by atoms with van der Waals surface area (Å²) in [6, 6.07) is 36.5. The second kappa shape index (κ2) is 8.02. The molecule has 0 aliphatic carbocycles. The van der Waals surface area contributed by atoms with Crippen LogP contribution in [0.15, 0.2) is 114 Å². The van der Waals surface area contributed by atoms with E-state index in [9.17, 15) is 0 Å². The van der Waals surface area contributed by atoms with Gasteiger partial charge in [-0.05, 0) is 34.9 Å². The van der Waals surface area contributed by atoms with E-state index in [0.29, 0.717) is 16.5 Å². The molecule has 0 aliphatic rings. The van der Waals surface area contributed by atoms with Gasteiger partial charge in [0.2, 0.25) is 5.89 Å². The second-order valence-corrected chi connectivity index (χ2v) is 7.42. The molecule has 0 radical (unpaired) electrons. The van der Waals surface area contributed by atoms with Crippen molar-refractivity contribution in [1.82, 2.24) is 4.98 Å². The van der Waals surface area contributed by atoms with Gasteiger partial charge in [-0.1, -0.05) is 103 Å². The van der Waals surface area contributed by atoms with Crippen LogP contribution in [-0.4, -0.2) is 4.98 Å². The Morgan fingerprint density at radius 2 is 1.10 bits per heavy atom. The number of hydrogen-bond donors (Lipinski definition) is 0. The van der Waals surface area contributed by atoms with E-state index in [4.69, 9.17) is 21.0 Å². The largest absolute Gasteiger partial charge is 0.436 e. The summed E-state index contributed by atoms with van der Waals surface area (Å²) >= 11 is 6.19. The van der Waals surface area contributed by atoms with E-state index in [0.717, 1.165) is 33.4 Å². The molecule has 0 N–H and O–H groups in total. The predicted octanol–water partition coefficient (Wildman–Crippen LogP) is 7.49. The Hall–Kier alpha value is -3.62. The molecule has 0 fully saturated rings. The van der Waals surface area contributed by atoms with Crippen molar-refractivity contribution in [1.29, 1.82) is 0 Å². The summed E-state index contributed by atoms with van der Waals surface area (Å²) in [6.07, 6.45) is 0. The molecule has 30 heavy (non-hydrogen) atoms. The van der Waals surface area contributed by atoms with Crippen LogP contribution in [0, 0.1) is 0 Å². The third-order valence-corrected chi connectivity index (χ3v) is 5.24. The number of benzene rings is 4. The molecule has 5 aromatic rings. The van der Waals surface area contributed by atoms with Gasteiger partial charge in [0.25, 0.3) is 0 Å². The molecule has 1 aromatic heterocycles. The van der Waals surface area contributed by atoms with Crippen molar-refractivity contribution in [2.75, 3.05) is 0 Å². The zero-order valence-corrected chi connectivity index (χ0v) is 16.9. The van der Waals surface area contributed by atoms with E-state index in [1.165, 1.54) is 0 Å². The number of hydrogen-bond acceptors (Lipinski definition) is 2. The molecule has 0 atom stereocenters. The van der Waals surface area contributed by atoms with Gasteiger partial charge in [0, 0.05) is 10.6 Å². The number of fused-ring (bicyclic) bond motifs is 1. The minimum absolute atomic E-state index is 0.571. The molecule has 0 saturated heterocycles. The lowest BCUT2D eigenvalue weighted by Crippen LogP contribution is -1.97. The predicted molar refractivity (Wildman–Crippen MR) is 123 cm³/mol. The van der Waals surface area contributed by atoms with Crippen molar-refractivity contribution < 1.29 is 4.42 Å². The highest BCUT2D eigenvalue weighted by molar-refractivity contribution is 6.31. The van der Waals surface area contributed by atoms with E-state index in [1.807, 2.05) is 72.8 Å². The normalized spacial score (nSPS) is 10.8. The Balaban J connectivity index is 1.88. The summed E-state index contributed by atoms with van der Waals surface area (Å²) < 4.78 is 6.24. The lowest BCUT2D eigenvalue weighted by atomic mass is 9.89. The van der Waals surface area contributed by atoms with Crippen LogP contribution in [0.5, 0.6) is 0 Å². The number of aromatic nitrogens is 1. The van der Waals surface area contributed by atoms with Gasteiger partial charge in [0.15, 0.2) is 5.58 Å². The lowest BCUT2D eigenvalue weighted by molar-refractivity contribution is 0.585. The van der Waals surface area contributed by atoms with Crippen molar-refractivity contribution in [2.24, 2.45) is 0 Å². The fourth-order valence-electron chi connectivity index (χ4n) is 3.65. The quantitative estimate of drug-likeness (QED) is 0.288. The number of oxazole rings is 1. The van der Waals surface area contributed by atoms with E-state index in [-0.39, 0.29) is 0 Å². The summed E-state index contributed by atoms with van der Waals surface area (Å²) in [5.41, 5.74) is 6.71. The monoisotopic (exact) mass is 407 g/mol. The highest BCUT2D eigenvalue weighted by atomic mass is 35.5. The van der Waals surface area contributed by atoms with Gasteiger partial charge in [-0.15, -0.1) is 0 Å². The fourth-order valence-corrected chi connectivity index (χ4v) is 3.82. The van der Waals surface area contributed by atoms with Gasteiger partial charge in [-0.25, -0.2) is 4.98 Å². The lowest BCUT2D eigenvalue weighted by Gasteiger charge is -2.15. The molecule has 0 amide bonds. The SMILES string of the molecule is Clc1ccc2oc(C(=C(c3ccccc3)c3ccccc3)c3ccccc3)nc2c1. The van der Waals surface area contributed by atoms with Crippen LogP contribution in [-0.2, 0) is 0 Å². The smallest absolute Gasteiger partial charge is 0.228 e. The first kappa shape index (κ1) is 18.4. The van der Waals surface area contributed by atoms with Crippen molar-refractivity contribution in [2.45, 2.75) is 0 Å². The maximum absolute atomic E-state index is 6.24. The minimum atomic E-state index is 0.571. The van der Waals surface area contributed by atoms with E-state index in [1.54, 1.807) is 0 Å². The summed E-state index contributed by atoms with van der Waals surface area (Å²) in [6.45, 7) is 0. The van der Waals surface area contributed by atoms with Crippen molar-refractivity contribution in [3.05, 3.63) is 137 Å². The highest BCUT2D eigenvalue weighted by Crippen LogP contribution is 2.37. The molecule has 0 unspecified atom stereocenters. The standard InChI is InChI=1S/C27H18ClNO/c28-22-16-17-24-23(18-22)29-27(30-24)26(21-14-8-3-9-15-21)25(19-10-4-1-5-11-19)20-12-6-2-7-13-20/h1-18H. The van der Waals surface area contributed by atoms with Crippen molar-refractivity contribution in [3.8, 4) is 0 Å². The molecule has 5 rings (SSSR count). The van der Waals surface area contributed by atoms with E-state index in [2.05, 4.69) is 36.4 Å². The van der Waals surface area contributed by atoms with Crippen LogP contribution < -0.4 is 0 Å². The zero-order chi connectivity index (χ0) is 20.3. The Labute approximate surface area is 180 Å². The third kappa shape index (κ3) is 3.54. The second-order valence-electron chi connectivity index (χ2n) is 6.98. The Bertz CT molecular complexity index is 1280. The van der Waals surface area contributed by atoms with Gasteiger partial charge in [-0.2, -0.15) is 0 Å². The molecule has 144 valence electrons. The minimum Gasteiger partial charge on any atom is -0.436 e. The molecule has 2 nitrogen and oxygen atoms in total. The van der Waals surface area contributed by atoms with Gasteiger partial charge in [-0.3, -0.25) is 0 Å². The molecule has 0 spiro atoms. The first-order valence-corrected chi connectivity index (χ1v) is 10.1. The Kier molecular flexibility index (Phi) is 4.92. The van der Waals surface area contributed by atoms with Gasteiger partial charge in [0.1, 0.15) is 5.52 Å². The molecule has 4 aromatic carbocycles. The van der Waals surface area contributed by atoms with Crippen LogP contribution in [0.2, 0.25) is 5.02 Å². The van der Waals surface area contributed by atoms with Crippen LogP contribution in [0.1, 0.15) is 22.6 Å². The van der Waals surface area contributed by atoms with Crippen molar-refractivity contribution >= 4 is 33.8 Å². The Morgan fingerprint density at radius 1 is 0.600 bits per heavy atom. The number of nitrogens with zero attached hydrogens (tertiary/aromatic N) is 1. The zero-order valence-electron chi connectivity index (χ0n) is 16.1. The molecular weight excluding hydrogens is 390 g/mol. The fraction of sp³-hybridized carbons (Fsp3) is 0. The molecule has 1 heterocycles. The van der Waals surface area contributed by atoms with Crippen molar-refractivity contribution in [3.63, 3.8) is 0 Å². The topological polar surface area (TPSA) is 26.0 Å². The van der Waals surface area contributed by atoms with Gasteiger partial charge in [0.05, 0.1) is 5.57 Å². The van der Waals surface area contributed by atoms with Crippen LogP contribution in [0.25, 0.3) is 22.2 Å². The van der Waals surface area contributed by atoms with Crippen LogP contribution in [0.4, 0.5) is 0 Å². The average molecular weight is 408 g/mol. The van der Waals surface area contributed by atoms with Crippen LogP contribution >= 0.6 is 11.6 Å². The highest BCUT2D eigenvalue weighted by Gasteiger charge is 2.20. The summed E-state index contributed by atoms with van der Waals surface area (Å²) in [7, 11) is 0. The summed E-state index contributed by atoms with van der Waals surface area (Å²) in [4.78, 5) is 4.81. The molecule has 3 heteroatoms. The first-order valence-electron chi connectivity index (χ1n) is 9.76. The third-order valence-electron chi connectivity index (χ3n) is 5.00. The van der Waals surface area contributed by atoms with E-state index >= 15 is 0 Å². The number of rotatable bonds is 4.